The topological polar surface area (TPSA) is 67.0 Å². The third-order valence-electron chi connectivity index (χ3n) is 3.11. The lowest BCUT2D eigenvalue weighted by molar-refractivity contribution is 0.0984. The zero-order chi connectivity index (χ0) is 14.1. The van der Waals surface area contributed by atoms with Gasteiger partial charge in [0, 0.05) is 17.7 Å². The summed E-state index contributed by atoms with van der Waals surface area (Å²) in [6.45, 7) is 0.812. The zero-order valence-electron chi connectivity index (χ0n) is 10.4. The van der Waals surface area contributed by atoms with Gasteiger partial charge in [-0.1, -0.05) is 6.07 Å². The molecule has 1 aromatic heterocycles. The van der Waals surface area contributed by atoms with Crippen molar-refractivity contribution < 1.29 is 18.3 Å². The van der Waals surface area contributed by atoms with E-state index in [4.69, 9.17) is 4.74 Å². The number of halogens is 2. The van der Waals surface area contributed by atoms with Gasteiger partial charge in [0.05, 0.1) is 13.2 Å². The van der Waals surface area contributed by atoms with Crippen LogP contribution in [-0.2, 0) is 17.8 Å². The summed E-state index contributed by atoms with van der Waals surface area (Å²) in [6, 6.07) is 3.37. The van der Waals surface area contributed by atoms with E-state index in [1.807, 2.05) is 0 Å². The van der Waals surface area contributed by atoms with Crippen LogP contribution < -0.4 is 5.32 Å². The van der Waals surface area contributed by atoms with Crippen molar-refractivity contribution in [1.29, 1.82) is 0 Å². The number of carbonyl (C=O) groups is 1. The van der Waals surface area contributed by atoms with Crippen LogP contribution in [-0.4, -0.2) is 22.7 Å². The van der Waals surface area contributed by atoms with E-state index in [0.29, 0.717) is 18.6 Å². The van der Waals surface area contributed by atoms with Gasteiger partial charge in [-0.3, -0.25) is 9.89 Å². The van der Waals surface area contributed by atoms with E-state index in [1.54, 1.807) is 0 Å². The van der Waals surface area contributed by atoms with Gasteiger partial charge in [-0.15, -0.1) is 0 Å². The van der Waals surface area contributed by atoms with Crippen molar-refractivity contribution in [1.82, 2.24) is 10.2 Å². The molecule has 0 atom stereocenters. The lowest BCUT2D eigenvalue weighted by Gasteiger charge is -2.12. The van der Waals surface area contributed by atoms with Crippen molar-refractivity contribution in [3.05, 3.63) is 46.8 Å². The molecule has 20 heavy (non-hydrogen) atoms. The molecule has 3 rings (SSSR count). The van der Waals surface area contributed by atoms with Crippen molar-refractivity contribution in [2.75, 3.05) is 11.9 Å². The third-order valence-corrected chi connectivity index (χ3v) is 3.11. The Hall–Kier alpha value is -2.28. The quantitative estimate of drug-likeness (QED) is 0.883. The lowest BCUT2D eigenvalue weighted by atomic mass is 10.1. The number of aromatic nitrogens is 2. The number of hydrogen-bond acceptors (Lipinski definition) is 3. The molecule has 2 heterocycles. The minimum absolute atomic E-state index is 0.0994. The van der Waals surface area contributed by atoms with Gasteiger partial charge in [0.1, 0.15) is 17.3 Å². The number of para-hydroxylation sites is 1. The Bertz CT molecular complexity index is 649. The fourth-order valence-electron chi connectivity index (χ4n) is 2.09. The smallest absolute Gasteiger partial charge is 0.276 e. The molecule has 1 aliphatic rings. The number of nitrogens with one attached hydrogen (secondary N) is 2. The Morgan fingerprint density at radius 3 is 2.85 bits per heavy atom. The van der Waals surface area contributed by atoms with E-state index < -0.39 is 23.2 Å². The van der Waals surface area contributed by atoms with Crippen LogP contribution in [0.3, 0.4) is 0 Å². The third kappa shape index (κ3) is 2.16. The van der Waals surface area contributed by atoms with Gasteiger partial charge in [0.15, 0.2) is 5.69 Å². The predicted molar refractivity (Wildman–Crippen MR) is 66.3 cm³/mol. The second-order valence-corrected chi connectivity index (χ2v) is 4.38. The average molecular weight is 279 g/mol. The summed E-state index contributed by atoms with van der Waals surface area (Å²) < 4.78 is 32.2. The van der Waals surface area contributed by atoms with E-state index in [2.05, 4.69) is 15.5 Å². The Morgan fingerprint density at radius 1 is 1.35 bits per heavy atom. The number of carbonyl (C=O) groups excluding carboxylic acids is 1. The monoisotopic (exact) mass is 279 g/mol. The highest BCUT2D eigenvalue weighted by Crippen LogP contribution is 2.22. The van der Waals surface area contributed by atoms with Gasteiger partial charge in [-0.25, -0.2) is 8.78 Å². The van der Waals surface area contributed by atoms with E-state index in [-0.39, 0.29) is 12.3 Å². The molecule has 1 aliphatic heterocycles. The van der Waals surface area contributed by atoms with E-state index in [0.717, 1.165) is 17.8 Å². The molecule has 104 valence electrons. The summed E-state index contributed by atoms with van der Waals surface area (Å²) in [5.41, 5.74) is 1.06. The Labute approximate surface area is 112 Å². The molecule has 0 radical (unpaired) electrons. The Morgan fingerprint density at radius 2 is 2.10 bits per heavy atom. The van der Waals surface area contributed by atoms with Gasteiger partial charge < -0.3 is 10.1 Å². The number of anilines is 1. The van der Waals surface area contributed by atoms with E-state index in [9.17, 15) is 13.6 Å². The first-order valence-electron chi connectivity index (χ1n) is 6.06. The van der Waals surface area contributed by atoms with E-state index in [1.165, 1.54) is 6.07 Å². The van der Waals surface area contributed by atoms with Crippen LogP contribution in [0.1, 0.15) is 21.7 Å². The maximum Gasteiger partial charge on any atom is 0.276 e. The normalized spacial score (nSPS) is 13.9. The van der Waals surface area contributed by atoms with Crippen LogP contribution in [0.4, 0.5) is 14.5 Å². The van der Waals surface area contributed by atoms with Crippen LogP contribution >= 0.6 is 0 Å². The molecule has 1 amide bonds. The molecule has 7 heteroatoms. The molecule has 0 fully saturated rings. The average Bonchev–Trinajstić information content (AvgIpc) is 2.87. The first-order chi connectivity index (χ1) is 9.66. The van der Waals surface area contributed by atoms with Crippen LogP contribution in [0.5, 0.6) is 0 Å². The van der Waals surface area contributed by atoms with Crippen LogP contribution in [0.15, 0.2) is 18.2 Å². The molecule has 5 nitrogen and oxygen atoms in total. The first-order valence-corrected chi connectivity index (χ1v) is 6.06. The summed E-state index contributed by atoms with van der Waals surface area (Å²) in [5, 5.41) is 8.84. The number of amides is 1. The van der Waals surface area contributed by atoms with Gasteiger partial charge >= 0.3 is 0 Å². The van der Waals surface area contributed by atoms with Crippen molar-refractivity contribution >= 4 is 11.6 Å². The van der Waals surface area contributed by atoms with Crippen LogP contribution in [0, 0.1) is 11.6 Å². The minimum atomic E-state index is -0.834. The molecule has 0 saturated heterocycles. The van der Waals surface area contributed by atoms with Crippen molar-refractivity contribution in [2.45, 2.75) is 13.0 Å². The molecule has 0 saturated carbocycles. The summed E-state index contributed by atoms with van der Waals surface area (Å²) in [7, 11) is 0. The summed E-state index contributed by atoms with van der Waals surface area (Å²) in [5.74, 6) is -2.34. The van der Waals surface area contributed by atoms with Crippen LogP contribution in [0.25, 0.3) is 0 Å². The first kappa shape index (κ1) is 12.7. The van der Waals surface area contributed by atoms with Gasteiger partial charge in [0.2, 0.25) is 0 Å². The molecule has 0 spiro atoms. The number of aromatic amines is 1. The summed E-state index contributed by atoms with van der Waals surface area (Å²) in [6.07, 6.45) is 0.629. The maximum absolute atomic E-state index is 13.5. The Balaban J connectivity index is 1.89. The standard InChI is InChI=1S/C13H11F2N3O2/c14-8-2-1-3-9(15)12(8)16-13(19)11-7-6-20-5-4-10(7)17-18-11/h1-3H,4-6H2,(H,16,19)(H,17,18). The summed E-state index contributed by atoms with van der Waals surface area (Å²) >= 11 is 0. The summed E-state index contributed by atoms with van der Waals surface area (Å²) in [4.78, 5) is 12.1. The number of rotatable bonds is 2. The fraction of sp³-hybridized carbons (Fsp3) is 0.231. The largest absolute Gasteiger partial charge is 0.376 e. The van der Waals surface area contributed by atoms with Crippen molar-refractivity contribution in [2.24, 2.45) is 0 Å². The maximum atomic E-state index is 13.5. The number of hydrogen-bond donors (Lipinski definition) is 2. The van der Waals surface area contributed by atoms with E-state index >= 15 is 0 Å². The van der Waals surface area contributed by atoms with Crippen molar-refractivity contribution in [3.8, 4) is 0 Å². The number of benzene rings is 1. The fourth-order valence-corrected chi connectivity index (χ4v) is 2.09. The number of fused-ring (bicyclic) bond motifs is 1. The molecule has 0 unspecified atom stereocenters. The van der Waals surface area contributed by atoms with Crippen molar-refractivity contribution in [3.63, 3.8) is 0 Å². The second kappa shape index (κ2) is 5.01. The molecular formula is C13H11F2N3O2. The molecule has 0 aliphatic carbocycles. The number of nitrogens with zero attached hydrogens (tertiary/aromatic N) is 1. The van der Waals surface area contributed by atoms with Gasteiger partial charge in [-0.05, 0) is 12.1 Å². The predicted octanol–water partition coefficient (Wildman–Crippen LogP) is 2.01. The molecular weight excluding hydrogens is 268 g/mol. The lowest BCUT2D eigenvalue weighted by Crippen LogP contribution is -2.18. The number of ether oxygens (including phenoxy) is 1. The Kier molecular flexibility index (Phi) is 3.19. The van der Waals surface area contributed by atoms with Crippen LogP contribution in [0.2, 0.25) is 0 Å². The molecule has 2 N–H and O–H groups in total. The molecule has 1 aromatic carbocycles. The number of H-pyrrole nitrogens is 1. The minimum Gasteiger partial charge on any atom is -0.376 e. The highest BCUT2D eigenvalue weighted by molar-refractivity contribution is 6.04. The van der Waals surface area contributed by atoms with Gasteiger partial charge in [0.25, 0.3) is 5.91 Å². The molecule has 0 bridgehead atoms. The second-order valence-electron chi connectivity index (χ2n) is 4.38. The zero-order valence-corrected chi connectivity index (χ0v) is 10.4. The highest BCUT2D eigenvalue weighted by Gasteiger charge is 2.23. The van der Waals surface area contributed by atoms with Gasteiger partial charge in [-0.2, -0.15) is 5.10 Å². The highest BCUT2D eigenvalue weighted by atomic mass is 19.1. The SMILES string of the molecule is O=C(Nc1c(F)cccc1F)c1n[nH]c2c1COCC2. The molecule has 2 aromatic rings.